The van der Waals surface area contributed by atoms with Gasteiger partial charge in [-0.15, -0.1) is 0 Å². The zero-order valence-electron chi connectivity index (χ0n) is 14.4. The summed E-state index contributed by atoms with van der Waals surface area (Å²) in [7, 11) is 0. The number of aromatic nitrogens is 1. The van der Waals surface area contributed by atoms with Gasteiger partial charge in [0.15, 0.2) is 0 Å². The quantitative estimate of drug-likeness (QED) is 0.741. The Kier molecular flexibility index (Phi) is 4.46. The van der Waals surface area contributed by atoms with Crippen LogP contribution < -0.4 is 15.8 Å². The number of rotatable bonds is 5. The van der Waals surface area contributed by atoms with Gasteiger partial charge in [-0.05, 0) is 48.9 Å². The van der Waals surface area contributed by atoms with Crippen molar-refractivity contribution in [1.29, 1.82) is 0 Å². The van der Waals surface area contributed by atoms with Crippen LogP contribution >= 0.6 is 0 Å². The van der Waals surface area contributed by atoms with Crippen LogP contribution in [0, 0.1) is 0 Å². The number of amides is 1. The monoisotopic (exact) mass is 347 g/mol. The summed E-state index contributed by atoms with van der Waals surface area (Å²) in [6, 6.07) is 19.7. The van der Waals surface area contributed by atoms with Crippen molar-refractivity contribution < 1.29 is 9.53 Å². The van der Waals surface area contributed by atoms with Crippen molar-refractivity contribution >= 4 is 5.91 Å². The Hall–Kier alpha value is -3.05. The van der Waals surface area contributed by atoms with E-state index >= 15 is 0 Å². The Morgan fingerprint density at radius 2 is 1.85 bits per heavy atom. The van der Waals surface area contributed by atoms with E-state index in [4.69, 9.17) is 10.5 Å². The standard InChI is InChI=1S/C21H21N3O2/c22-10-9-17-13-23-21(25)20-12-16(14-24(17)20)15-5-4-8-19(11-15)26-18-6-2-1-3-7-18/h1-8,11-12,14,17H,9-10,13,22H2,(H,23,25). The Labute approximate surface area is 152 Å². The minimum Gasteiger partial charge on any atom is -0.457 e. The van der Waals surface area contributed by atoms with Gasteiger partial charge in [-0.3, -0.25) is 4.79 Å². The van der Waals surface area contributed by atoms with Crippen molar-refractivity contribution in [3.05, 3.63) is 72.6 Å². The zero-order chi connectivity index (χ0) is 17.9. The second-order valence-electron chi connectivity index (χ2n) is 6.41. The van der Waals surface area contributed by atoms with Crippen LogP contribution in [0.2, 0.25) is 0 Å². The molecule has 0 saturated heterocycles. The number of hydrogen-bond donors (Lipinski definition) is 2. The lowest BCUT2D eigenvalue weighted by atomic mass is 10.1. The number of nitrogens with two attached hydrogens (primary N) is 1. The summed E-state index contributed by atoms with van der Waals surface area (Å²) in [5.74, 6) is 1.52. The molecule has 5 nitrogen and oxygen atoms in total. The van der Waals surface area contributed by atoms with Gasteiger partial charge in [0, 0.05) is 18.3 Å². The normalized spacial score (nSPS) is 16.0. The van der Waals surface area contributed by atoms with E-state index in [1.807, 2.05) is 71.4 Å². The first kappa shape index (κ1) is 16.4. The van der Waals surface area contributed by atoms with E-state index in [9.17, 15) is 4.79 Å². The predicted octanol–water partition coefficient (Wildman–Crippen LogP) is 3.58. The molecule has 1 atom stereocenters. The summed E-state index contributed by atoms with van der Waals surface area (Å²) in [5, 5.41) is 2.94. The lowest BCUT2D eigenvalue weighted by molar-refractivity contribution is 0.0913. The summed E-state index contributed by atoms with van der Waals surface area (Å²) in [4.78, 5) is 12.2. The van der Waals surface area contributed by atoms with Crippen LogP contribution in [0.1, 0.15) is 23.0 Å². The molecule has 0 fully saturated rings. The average Bonchev–Trinajstić information content (AvgIpc) is 3.12. The van der Waals surface area contributed by atoms with Crippen molar-refractivity contribution in [2.75, 3.05) is 13.1 Å². The fourth-order valence-electron chi connectivity index (χ4n) is 3.32. The number of para-hydroxylation sites is 1. The van der Waals surface area contributed by atoms with Crippen molar-refractivity contribution in [1.82, 2.24) is 9.88 Å². The number of nitrogens with zero attached hydrogens (tertiary/aromatic N) is 1. The largest absolute Gasteiger partial charge is 0.457 e. The molecule has 5 heteroatoms. The van der Waals surface area contributed by atoms with Crippen molar-refractivity contribution in [3.63, 3.8) is 0 Å². The molecule has 0 radical (unpaired) electrons. The maximum atomic E-state index is 12.2. The third-order valence-corrected chi connectivity index (χ3v) is 4.62. The van der Waals surface area contributed by atoms with Gasteiger partial charge in [-0.2, -0.15) is 0 Å². The number of ether oxygens (including phenoxy) is 1. The molecule has 3 aromatic rings. The average molecular weight is 347 g/mol. The van der Waals surface area contributed by atoms with Gasteiger partial charge >= 0.3 is 0 Å². The number of nitrogens with one attached hydrogen (secondary N) is 1. The number of carbonyl (C=O) groups is 1. The topological polar surface area (TPSA) is 69.3 Å². The first-order valence-electron chi connectivity index (χ1n) is 8.78. The van der Waals surface area contributed by atoms with Gasteiger partial charge in [0.25, 0.3) is 5.91 Å². The second kappa shape index (κ2) is 7.06. The van der Waals surface area contributed by atoms with Crippen molar-refractivity contribution in [2.24, 2.45) is 5.73 Å². The van der Waals surface area contributed by atoms with Gasteiger partial charge in [0.05, 0.1) is 6.04 Å². The van der Waals surface area contributed by atoms with Crippen LogP contribution in [0.25, 0.3) is 11.1 Å². The van der Waals surface area contributed by atoms with Crippen LogP contribution in [0.5, 0.6) is 11.5 Å². The predicted molar refractivity (Wildman–Crippen MR) is 101 cm³/mol. The third kappa shape index (κ3) is 3.21. The smallest absolute Gasteiger partial charge is 0.268 e. The highest BCUT2D eigenvalue weighted by molar-refractivity contribution is 5.95. The van der Waals surface area contributed by atoms with Gasteiger partial charge in [-0.1, -0.05) is 30.3 Å². The molecule has 1 unspecified atom stereocenters. The summed E-state index contributed by atoms with van der Waals surface area (Å²) in [5.41, 5.74) is 8.41. The van der Waals surface area contributed by atoms with Crippen LogP contribution in [0.3, 0.4) is 0 Å². The number of fused-ring (bicyclic) bond motifs is 1. The highest BCUT2D eigenvalue weighted by atomic mass is 16.5. The molecule has 1 amide bonds. The third-order valence-electron chi connectivity index (χ3n) is 4.62. The van der Waals surface area contributed by atoms with E-state index < -0.39 is 0 Å². The molecule has 3 N–H and O–H groups in total. The highest BCUT2D eigenvalue weighted by Crippen LogP contribution is 2.31. The van der Waals surface area contributed by atoms with Gasteiger partial charge < -0.3 is 20.4 Å². The van der Waals surface area contributed by atoms with Gasteiger partial charge in [-0.25, -0.2) is 0 Å². The van der Waals surface area contributed by atoms with Crippen molar-refractivity contribution in [3.8, 4) is 22.6 Å². The van der Waals surface area contributed by atoms with E-state index in [1.165, 1.54) is 0 Å². The molecule has 0 bridgehead atoms. The SMILES string of the molecule is NCCC1CNC(=O)c2cc(-c3cccc(Oc4ccccc4)c3)cn21. The zero-order valence-corrected chi connectivity index (χ0v) is 14.4. The minimum atomic E-state index is -0.0405. The minimum absolute atomic E-state index is 0.0405. The molecule has 26 heavy (non-hydrogen) atoms. The van der Waals surface area contributed by atoms with Crippen LogP contribution in [-0.4, -0.2) is 23.6 Å². The number of benzene rings is 2. The Morgan fingerprint density at radius 3 is 2.65 bits per heavy atom. The molecule has 132 valence electrons. The molecular formula is C21H21N3O2. The molecule has 1 aromatic heterocycles. The Morgan fingerprint density at radius 1 is 1.04 bits per heavy atom. The van der Waals surface area contributed by atoms with E-state index in [0.29, 0.717) is 18.8 Å². The maximum Gasteiger partial charge on any atom is 0.268 e. The van der Waals surface area contributed by atoms with E-state index in [1.54, 1.807) is 0 Å². The fraction of sp³-hybridized carbons (Fsp3) is 0.190. The lowest BCUT2D eigenvalue weighted by Gasteiger charge is -2.25. The summed E-state index contributed by atoms with van der Waals surface area (Å²) in [6.07, 6.45) is 2.87. The molecule has 4 rings (SSSR count). The van der Waals surface area contributed by atoms with Gasteiger partial charge in [0.1, 0.15) is 17.2 Å². The van der Waals surface area contributed by atoms with E-state index in [-0.39, 0.29) is 11.9 Å². The number of hydrogen-bond acceptors (Lipinski definition) is 3. The van der Waals surface area contributed by atoms with Crippen LogP contribution in [0.15, 0.2) is 66.9 Å². The van der Waals surface area contributed by atoms with Crippen LogP contribution in [-0.2, 0) is 0 Å². The van der Waals surface area contributed by atoms with E-state index in [0.717, 1.165) is 29.0 Å². The number of carbonyl (C=O) groups excluding carboxylic acids is 1. The first-order valence-corrected chi connectivity index (χ1v) is 8.78. The lowest BCUT2D eigenvalue weighted by Crippen LogP contribution is -2.39. The molecule has 0 spiro atoms. The molecular weight excluding hydrogens is 326 g/mol. The highest BCUT2D eigenvalue weighted by Gasteiger charge is 2.25. The fourth-order valence-corrected chi connectivity index (χ4v) is 3.32. The summed E-state index contributed by atoms with van der Waals surface area (Å²) in [6.45, 7) is 1.21. The molecule has 2 heterocycles. The summed E-state index contributed by atoms with van der Waals surface area (Å²) >= 11 is 0. The molecule has 0 saturated carbocycles. The van der Waals surface area contributed by atoms with Crippen molar-refractivity contribution in [2.45, 2.75) is 12.5 Å². The van der Waals surface area contributed by atoms with Crippen LogP contribution in [0.4, 0.5) is 0 Å². The first-order chi connectivity index (χ1) is 12.7. The Bertz CT molecular complexity index is 918. The Balaban J connectivity index is 1.65. The molecule has 1 aliphatic heterocycles. The molecule has 1 aliphatic rings. The second-order valence-corrected chi connectivity index (χ2v) is 6.41. The van der Waals surface area contributed by atoms with Gasteiger partial charge in [0.2, 0.25) is 0 Å². The van der Waals surface area contributed by atoms with E-state index in [2.05, 4.69) is 5.32 Å². The molecule has 2 aromatic carbocycles. The summed E-state index contributed by atoms with van der Waals surface area (Å²) < 4.78 is 7.97. The maximum absolute atomic E-state index is 12.2. The molecule has 0 aliphatic carbocycles.